The number of aliphatic imine (C=N–C) groups is 1. The first-order chi connectivity index (χ1) is 9.11. The molecule has 5 heteroatoms. The lowest BCUT2D eigenvalue weighted by atomic mass is 10.1. The summed E-state index contributed by atoms with van der Waals surface area (Å²) in [6.45, 7) is 0.758. The molecular formula is C14H19FN4. The maximum Gasteiger partial charge on any atom is 0.193 e. The van der Waals surface area contributed by atoms with Crippen LogP contribution in [-0.2, 0) is 6.42 Å². The van der Waals surface area contributed by atoms with E-state index >= 15 is 0 Å². The van der Waals surface area contributed by atoms with Crippen molar-refractivity contribution in [1.82, 2.24) is 15.2 Å². The van der Waals surface area contributed by atoms with Gasteiger partial charge in [0, 0.05) is 44.8 Å². The third-order valence-electron chi connectivity index (χ3n) is 3.04. The van der Waals surface area contributed by atoms with Crippen molar-refractivity contribution in [1.29, 1.82) is 0 Å². The minimum Gasteiger partial charge on any atom is -0.361 e. The van der Waals surface area contributed by atoms with E-state index < -0.39 is 0 Å². The number of halogens is 1. The molecule has 1 heterocycles. The summed E-state index contributed by atoms with van der Waals surface area (Å²) in [4.78, 5) is 9.23. The van der Waals surface area contributed by atoms with Crippen molar-refractivity contribution in [2.24, 2.45) is 4.99 Å². The molecule has 19 heavy (non-hydrogen) atoms. The normalized spacial score (nSPS) is 11.9. The van der Waals surface area contributed by atoms with Gasteiger partial charge in [0.25, 0.3) is 0 Å². The molecule has 0 unspecified atom stereocenters. The molecule has 0 aliphatic heterocycles. The number of hydrogen-bond donors (Lipinski definition) is 2. The fourth-order valence-electron chi connectivity index (χ4n) is 2.10. The highest BCUT2D eigenvalue weighted by molar-refractivity contribution is 5.83. The number of aromatic nitrogens is 1. The van der Waals surface area contributed by atoms with Gasteiger partial charge in [-0.2, -0.15) is 0 Å². The number of hydrogen-bond acceptors (Lipinski definition) is 1. The second-order valence-electron chi connectivity index (χ2n) is 4.62. The van der Waals surface area contributed by atoms with E-state index in [1.807, 2.05) is 25.2 Å². The molecule has 1 aromatic carbocycles. The lowest BCUT2D eigenvalue weighted by Gasteiger charge is -2.16. The van der Waals surface area contributed by atoms with Gasteiger partial charge in [-0.3, -0.25) is 4.99 Å². The van der Waals surface area contributed by atoms with Gasteiger partial charge in [-0.1, -0.05) is 0 Å². The van der Waals surface area contributed by atoms with Crippen LogP contribution in [0.4, 0.5) is 4.39 Å². The fourth-order valence-corrected chi connectivity index (χ4v) is 2.10. The zero-order valence-electron chi connectivity index (χ0n) is 11.5. The van der Waals surface area contributed by atoms with Gasteiger partial charge in [-0.25, -0.2) is 4.39 Å². The van der Waals surface area contributed by atoms with Gasteiger partial charge >= 0.3 is 0 Å². The zero-order chi connectivity index (χ0) is 13.8. The third-order valence-corrected chi connectivity index (χ3v) is 3.04. The van der Waals surface area contributed by atoms with Crippen LogP contribution in [0.3, 0.4) is 0 Å². The van der Waals surface area contributed by atoms with E-state index in [1.165, 1.54) is 6.07 Å². The smallest absolute Gasteiger partial charge is 0.193 e. The molecule has 0 saturated heterocycles. The maximum absolute atomic E-state index is 13.2. The van der Waals surface area contributed by atoms with Crippen LogP contribution in [0.2, 0.25) is 0 Å². The molecule has 0 spiro atoms. The Morgan fingerprint density at radius 1 is 1.42 bits per heavy atom. The number of guanidine groups is 1. The van der Waals surface area contributed by atoms with E-state index in [0.717, 1.165) is 35.4 Å². The first-order valence-corrected chi connectivity index (χ1v) is 6.25. The van der Waals surface area contributed by atoms with Gasteiger partial charge < -0.3 is 15.2 Å². The Morgan fingerprint density at radius 2 is 2.21 bits per heavy atom. The van der Waals surface area contributed by atoms with Crippen LogP contribution < -0.4 is 5.32 Å². The summed E-state index contributed by atoms with van der Waals surface area (Å²) in [5, 5.41) is 4.20. The van der Waals surface area contributed by atoms with Gasteiger partial charge in [-0.15, -0.1) is 0 Å². The number of rotatable bonds is 3. The number of H-pyrrole nitrogens is 1. The molecule has 2 aromatic rings. The second kappa shape index (κ2) is 5.73. The van der Waals surface area contributed by atoms with Crippen molar-refractivity contribution < 1.29 is 4.39 Å². The summed E-state index contributed by atoms with van der Waals surface area (Å²) in [5.41, 5.74) is 2.07. The quantitative estimate of drug-likeness (QED) is 0.656. The maximum atomic E-state index is 13.2. The molecule has 4 nitrogen and oxygen atoms in total. The zero-order valence-corrected chi connectivity index (χ0v) is 11.5. The summed E-state index contributed by atoms with van der Waals surface area (Å²) in [6.07, 6.45) is 2.75. The Kier molecular flexibility index (Phi) is 4.04. The van der Waals surface area contributed by atoms with Crippen LogP contribution in [0.25, 0.3) is 10.9 Å². The predicted molar refractivity (Wildman–Crippen MR) is 77.0 cm³/mol. The second-order valence-corrected chi connectivity index (χ2v) is 4.62. The van der Waals surface area contributed by atoms with Gasteiger partial charge in [0.1, 0.15) is 5.82 Å². The summed E-state index contributed by atoms with van der Waals surface area (Å²) in [5.74, 6) is 0.636. The Morgan fingerprint density at radius 3 is 2.89 bits per heavy atom. The highest BCUT2D eigenvalue weighted by atomic mass is 19.1. The highest BCUT2D eigenvalue weighted by Gasteiger charge is 2.05. The van der Waals surface area contributed by atoms with E-state index in [9.17, 15) is 4.39 Å². The number of nitrogens with one attached hydrogen (secondary N) is 2. The van der Waals surface area contributed by atoms with Crippen molar-refractivity contribution in [2.45, 2.75) is 6.42 Å². The fraction of sp³-hybridized carbons (Fsp3) is 0.357. The Balaban J connectivity index is 2.04. The van der Waals surface area contributed by atoms with Gasteiger partial charge in [0.15, 0.2) is 5.96 Å². The molecular weight excluding hydrogens is 243 g/mol. The van der Waals surface area contributed by atoms with Crippen LogP contribution in [0.1, 0.15) is 5.56 Å². The predicted octanol–water partition coefficient (Wildman–Crippen LogP) is 1.99. The Hall–Kier alpha value is -2.04. The molecule has 0 aliphatic carbocycles. The SMILES string of the molecule is CN=C(NCCc1c[nH]c2ccc(F)cc12)N(C)C. The minimum absolute atomic E-state index is 0.203. The van der Waals surface area contributed by atoms with Gasteiger partial charge in [0.05, 0.1) is 0 Å². The van der Waals surface area contributed by atoms with Gasteiger partial charge in [-0.05, 0) is 30.2 Å². The number of nitrogens with zero attached hydrogens (tertiary/aromatic N) is 2. The van der Waals surface area contributed by atoms with Crippen molar-refractivity contribution in [3.8, 4) is 0 Å². The Labute approximate surface area is 112 Å². The molecule has 0 saturated carbocycles. The molecule has 0 amide bonds. The van der Waals surface area contributed by atoms with Crippen LogP contribution in [0.15, 0.2) is 29.4 Å². The molecule has 1 aromatic heterocycles. The first-order valence-electron chi connectivity index (χ1n) is 6.25. The summed E-state index contributed by atoms with van der Waals surface area (Å²) in [7, 11) is 5.64. The minimum atomic E-state index is -0.203. The van der Waals surface area contributed by atoms with Crippen molar-refractivity contribution in [2.75, 3.05) is 27.7 Å². The number of benzene rings is 1. The molecule has 2 N–H and O–H groups in total. The summed E-state index contributed by atoms with van der Waals surface area (Å²) >= 11 is 0. The topological polar surface area (TPSA) is 43.4 Å². The van der Waals surface area contributed by atoms with E-state index in [4.69, 9.17) is 0 Å². The molecule has 0 bridgehead atoms. The average molecular weight is 262 g/mol. The first kappa shape index (κ1) is 13.4. The highest BCUT2D eigenvalue weighted by Crippen LogP contribution is 2.19. The van der Waals surface area contributed by atoms with Crippen molar-refractivity contribution >= 4 is 16.9 Å². The number of aromatic amines is 1. The van der Waals surface area contributed by atoms with E-state index in [-0.39, 0.29) is 5.82 Å². The molecule has 0 aliphatic rings. The van der Waals surface area contributed by atoms with Crippen molar-refractivity contribution in [3.63, 3.8) is 0 Å². The van der Waals surface area contributed by atoms with E-state index in [2.05, 4.69) is 15.3 Å². The van der Waals surface area contributed by atoms with E-state index in [0.29, 0.717) is 0 Å². The van der Waals surface area contributed by atoms with Crippen LogP contribution in [0, 0.1) is 5.82 Å². The summed E-state index contributed by atoms with van der Waals surface area (Å²) in [6, 6.07) is 4.80. The number of fused-ring (bicyclic) bond motifs is 1. The molecule has 0 fully saturated rings. The molecule has 0 atom stereocenters. The van der Waals surface area contributed by atoms with Crippen LogP contribution in [-0.4, -0.2) is 43.5 Å². The third kappa shape index (κ3) is 3.05. The lowest BCUT2D eigenvalue weighted by molar-refractivity contribution is 0.583. The van der Waals surface area contributed by atoms with E-state index in [1.54, 1.807) is 19.2 Å². The lowest BCUT2D eigenvalue weighted by Crippen LogP contribution is -2.37. The molecule has 0 radical (unpaired) electrons. The van der Waals surface area contributed by atoms with Gasteiger partial charge in [0.2, 0.25) is 0 Å². The van der Waals surface area contributed by atoms with Crippen LogP contribution >= 0.6 is 0 Å². The average Bonchev–Trinajstić information content (AvgIpc) is 2.76. The van der Waals surface area contributed by atoms with Crippen LogP contribution in [0.5, 0.6) is 0 Å². The summed E-state index contributed by atoms with van der Waals surface area (Å²) < 4.78 is 13.2. The largest absolute Gasteiger partial charge is 0.361 e. The Bertz CT molecular complexity index is 586. The molecule has 102 valence electrons. The monoisotopic (exact) mass is 262 g/mol. The molecule has 2 rings (SSSR count). The standard InChI is InChI=1S/C14H19FN4/c1-16-14(19(2)3)17-7-6-10-9-18-13-5-4-11(15)8-12(10)13/h4-5,8-9,18H,6-7H2,1-3H3,(H,16,17). The van der Waals surface area contributed by atoms with Crippen molar-refractivity contribution in [3.05, 3.63) is 35.8 Å².